The smallest absolute Gasteiger partial charge is 0.410 e. The van der Waals surface area contributed by atoms with Crippen LogP contribution in [-0.4, -0.2) is 82.5 Å². The van der Waals surface area contributed by atoms with Crippen molar-refractivity contribution in [3.63, 3.8) is 0 Å². The number of rotatable bonds is 8. The molecule has 2 amide bonds. The highest BCUT2D eigenvalue weighted by atomic mass is 79.9. The minimum atomic E-state index is -0.881. The van der Waals surface area contributed by atoms with E-state index in [1.807, 2.05) is 11.0 Å². The maximum absolute atomic E-state index is 13.7. The third kappa shape index (κ3) is 6.34. The fourth-order valence-corrected chi connectivity index (χ4v) is 4.88. The molecule has 2 aliphatic rings. The van der Waals surface area contributed by atoms with E-state index in [1.54, 1.807) is 27.2 Å². The lowest BCUT2D eigenvalue weighted by Gasteiger charge is -2.35. The van der Waals surface area contributed by atoms with Gasteiger partial charge < -0.3 is 28.6 Å². The van der Waals surface area contributed by atoms with Crippen molar-refractivity contribution in [3.05, 3.63) is 28.5 Å². The predicted molar refractivity (Wildman–Crippen MR) is 135 cm³/mol. The van der Waals surface area contributed by atoms with Crippen LogP contribution in [0.3, 0.4) is 0 Å². The average molecular weight is 552 g/mol. The summed E-state index contributed by atoms with van der Waals surface area (Å²) in [6, 6.07) is 2.08. The van der Waals surface area contributed by atoms with Crippen molar-refractivity contribution < 1.29 is 25.2 Å². The summed E-state index contributed by atoms with van der Waals surface area (Å²) in [5.74, 6) is -0.116. The Morgan fingerprint density at radius 3 is 2.91 bits per heavy atom. The molecule has 3 heterocycles. The first-order valence-electron chi connectivity index (χ1n) is 12.7. The van der Waals surface area contributed by atoms with Gasteiger partial charge in [-0.15, -0.1) is 0 Å². The minimum absolute atomic E-state index is 0.0373. The maximum atomic E-state index is 13.7. The number of aromatic nitrogens is 2. The number of fused-ring (bicyclic) bond motifs is 1. The maximum Gasteiger partial charge on any atom is 0.410 e. The van der Waals surface area contributed by atoms with Crippen LogP contribution in [0, 0.1) is 0 Å². The fraction of sp³-hybridized carbons (Fsp3) is 0.640. The number of nitrogens with zero attached hydrogens (tertiary/aromatic N) is 4. The van der Waals surface area contributed by atoms with Gasteiger partial charge in [0.15, 0.2) is 6.10 Å². The van der Waals surface area contributed by atoms with Crippen LogP contribution >= 0.6 is 15.9 Å². The number of hydrogen-bond acceptors (Lipinski definition) is 6. The molecule has 1 saturated carbocycles. The third-order valence-electron chi connectivity index (χ3n) is 6.11. The number of carbonyl (C=O) groups is 2. The van der Waals surface area contributed by atoms with Crippen LogP contribution in [0.2, 0.25) is 0 Å². The molecule has 2 fully saturated rings. The predicted octanol–water partition coefficient (Wildman–Crippen LogP) is 3.96. The molecule has 2 aromatic rings. The van der Waals surface area contributed by atoms with Crippen LogP contribution in [0.25, 0.3) is 11.0 Å². The van der Waals surface area contributed by atoms with Crippen molar-refractivity contribution in [1.29, 1.82) is 0 Å². The van der Waals surface area contributed by atoms with E-state index in [2.05, 4.69) is 31.7 Å². The zero-order chi connectivity index (χ0) is 25.9. The van der Waals surface area contributed by atoms with Gasteiger partial charge in [0, 0.05) is 63.0 Å². The van der Waals surface area contributed by atoms with Gasteiger partial charge in [-0.05, 0) is 67.6 Å². The largest absolute Gasteiger partial charge is 0.444 e. The molecule has 4 rings (SSSR count). The lowest BCUT2D eigenvalue weighted by atomic mass is 10.1. The Morgan fingerprint density at radius 2 is 2.20 bits per heavy atom. The van der Waals surface area contributed by atoms with Crippen molar-refractivity contribution >= 4 is 39.0 Å². The number of ether oxygens (including phenoxy) is 3. The first-order chi connectivity index (χ1) is 17.2. The number of amides is 2. The summed E-state index contributed by atoms with van der Waals surface area (Å²) >= 11 is 3.68. The first kappa shape index (κ1) is 24.5. The van der Waals surface area contributed by atoms with E-state index in [-0.39, 0.29) is 32.0 Å². The van der Waals surface area contributed by atoms with Crippen molar-refractivity contribution in [1.82, 2.24) is 19.4 Å². The zero-order valence-corrected chi connectivity index (χ0v) is 22.3. The Bertz CT molecular complexity index is 1090. The molecule has 0 bridgehead atoms. The highest BCUT2D eigenvalue weighted by Crippen LogP contribution is 2.34. The monoisotopic (exact) mass is 551 g/mol. The Hall–Kier alpha value is -2.17. The number of morpholine rings is 1. The Morgan fingerprint density at radius 1 is 1.40 bits per heavy atom. The summed E-state index contributed by atoms with van der Waals surface area (Å²) in [4.78, 5) is 34.3. The van der Waals surface area contributed by atoms with Crippen LogP contribution in [-0.2, 0) is 32.1 Å². The van der Waals surface area contributed by atoms with Crippen LogP contribution in [0.1, 0.15) is 46.9 Å². The number of methoxy groups -OCH3 is 1. The summed E-state index contributed by atoms with van der Waals surface area (Å²) in [6.07, 6.45) is 5.36. The van der Waals surface area contributed by atoms with Gasteiger partial charge in [-0.3, -0.25) is 4.79 Å². The summed E-state index contributed by atoms with van der Waals surface area (Å²) < 4.78 is 27.1. The Kier molecular flexibility index (Phi) is 7.59. The van der Waals surface area contributed by atoms with E-state index in [4.69, 9.17) is 15.6 Å². The second-order valence-corrected chi connectivity index (χ2v) is 10.7. The van der Waals surface area contributed by atoms with Gasteiger partial charge in [0.05, 0.1) is 13.2 Å². The first-order valence-corrected chi connectivity index (χ1v) is 12.8. The topological polar surface area (TPSA) is 86.1 Å². The van der Waals surface area contributed by atoms with Crippen molar-refractivity contribution in [2.24, 2.45) is 0 Å². The minimum Gasteiger partial charge on any atom is -0.444 e. The molecule has 1 unspecified atom stereocenters. The van der Waals surface area contributed by atoms with Crippen LogP contribution < -0.4 is 0 Å². The van der Waals surface area contributed by atoms with Crippen molar-refractivity contribution in [2.75, 3.05) is 33.4 Å². The van der Waals surface area contributed by atoms with Gasteiger partial charge in [-0.25, -0.2) is 9.78 Å². The highest BCUT2D eigenvalue weighted by Gasteiger charge is 2.40. The lowest BCUT2D eigenvalue weighted by molar-refractivity contribution is -0.150. The van der Waals surface area contributed by atoms with Gasteiger partial charge in [-0.1, -0.05) is 0 Å². The van der Waals surface area contributed by atoms with E-state index in [1.165, 1.54) is 4.90 Å². The Labute approximate surface area is 216 Å². The second kappa shape index (κ2) is 10.8. The Balaban J connectivity index is 1.52. The van der Waals surface area contributed by atoms with Gasteiger partial charge in [0.1, 0.15) is 11.2 Å². The fourth-order valence-electron chi connectivity index (χ4n) is 4.33. The molecule has 0 N–H and O–H groups in total. The SMILES string of the molecule is [2H]CC(C)(C)OC(=O)N1CCOC(C(=O)N(Cc2cn(CCCOC)c3nccc(Br)c23)C2CC2)C1. The summed E-state index contributed by atoms with van der Waals surface area (Å²) in [5.41, 5.74) is 1.01. The average Bonchev–Trinajstić information content (AvgIpc) is 3.64. The normalized spacial score (nSPS) is 19.0. The van der Waals surface area contributed by atoms with E-state index in [9.17, 15) is 9.59 Å². The highest BCUT2D eigenvalue weighted by molar-refractivity contribution is 9.10. The van der Waals surface area contributed by atoms with Gasteiger partial charge in [0.25, 0.3) is 5.91 Å². The van der Waals surface area contributed by atoms with Crippen LogP contribution in [0.5, 0.6) is 0 Å². The van der Waals surface area contributed by atoms with Gasteiger partial charge >= 0.3 is 6.09 Å². The summed E-state index contributed by atoms with van der Waals surface area (Å²) in [5, 5.41) is 1.00. The molecule has 1 saturated heterocycles. The van der Waals surface area contributed by atoms with Crippen LogP contribution in [0.15, 0.2) is 22.9 Å². The number of aryl methyl sites for hydroxylation is 1. The molecule has 0 spiro atoms. The van der Waals surface area contributed by atoms with Gasteiger partial charge in [0.2, 0.25) is 0 Å². The second-order valence-electron chi connectivity index (χ2n) is 9.82. The number of carbonyl (C=O) groups excluding carboxylic acids is 2. The van der Waals surface area contributed by atoms with E-state index < -0.39 is 17.8 Å². The lowest BCUT2D eigenvalue weighted by Crippen LogP contribution is -2.53. The van der Waals surface area contributed by atoms with Crippen LogP contribution in [0.4, 0.5) is 4.79 Å². The van der Waals surface area contributed by atoms with E-state index >= 15 is 0 Å². The molecule has 35 heavy (non-hydrogen) atoms. The quantitative estimate of drug-likeness (QED) is 0.461. The molecule has 10 heteroatoms. The molecule has 192 valence electrons. The zero-order valence-electron chi connectivity index (χ0n) is 21.7. The molecule has 1 aliphatic heterocycles. The molecule has 0 aromatic carbocycles. The summed E-state index contributed by atoms with van der Waals surface area (Å²) in [7, 11) is 1.69. The molecule has 2 aromatic heterocycles. The van der Waals surface area contributed by atoms with Crippen molar-refractivity contribution in [3.8, 4) is 0 Å². The summed E-state index contributed by atoms with van der Waals surface area (Å²) in [6.45, 7) is 5.99. The van der Waals surface area contributed by atoms with E-state index in [0.29, 0.717) is 19.7 Å². The molecule has 0 radical (unpaired) electrons. The molecule has 1 aliphatic carbocycles. The number of pyridine rings is 1. The molecule has 1 atom stereocenters. The number of halogens is 1. The van der Waals surface area contributed by atoms with Gasteiger partial charge in [-0.2, -0.15) is 0 Å². The number of hydrogen-bond donors (Lipinski definition) is 0. The van der Waals surface area contributed by atoms with Crippen molar-refractivity contribution in [2.45, 2.75) is 70.8 Å². The standard InChI is InChI=1S/C25H35BrN4O5/c1-25(2,3)35-24(32)29-11-13-34-20(16-29)23(31)30(18-6-7-18)15-17-14-28(10-5-12-33-4)22-21(17)19(26)8-9-27-22/h8-9,14,18,20H,5-7,10-13,15-16H2,1-4H3/i1D. The molecular weight excluding hydrogens is 516 g/mol. The van der Waals surface area contributed by atoms with E-state index in [0.717, 1.165) is 46.9 Å². The molecule has 9 nitrogen and oxygen atoms in total. The molecular formula is C25H35BrN4O5. The third-order valence-corrected chi connectivity index (χ3v) is 6.77.